The quantitative estimate of drug-likeness (QED) is 0.791. The van der Waals surface area contributed by atoms with Crippen LogP contribution < -0.4 is 5.32 Å². The van der Waals surface area contributed by atoms with E-state index in [1.807, 2.05) is 38.1 Å². The summed E-state index contributed by atoms with van der Waals surface area (Å²) < 4.78 is 13.1. The molecule has 0 spiro atoms. The number of nitrogens with one attached hydrogen (secondary N) is 1. The molecule has 0 aliphatic heterocycles. The van der Waals surface area contributed by atoms with Gasteiger partial charge in [0.05, 0.1) is 22.4 Å². The first-order valence-electron chi connectivity index (χ1n) is 7.80. The van der Waals surface area contributed by atoms with Crippen molar-refractivity contribution < 1.29 is 9.18 Å². The minimum atomic E-state index is -0.285. The Morgan fingerprint density at radius 3 is 2.54 bits per heavy atom. The molecule has 24 heavy (non-hydrogen) atoms. The van der Waals surface area contributed by atoms with Crippen LogP contribution in [0.5, 0.6) is 0 Å². The fourth-order valence-corrected chi connectivity index (χ4v) is 2.48. The molecule has 2 aromatic carbocycles. The van der Waals surface area contributed by atoms with Crippen LogP contribution in [-0.4, -0.2) is 15.9 Å². The minimum absolute atomic E-state index is 0.115. The lowest BCUT2D eigenvalue weighted by Gasteiger charge is -2.07. The third-order valence-corrected chi connectivity index (χ3v) is 3.89. The van der Waals surface area contributed by atoms with Crippen LogP contribution >= 0.6 is 0 Å². The predicted molar refractivity (Wildman–Crippen MR) is 92.4 cm³/mol. The molecule has 1 heterocycles. The number of nitrogens with zero attached hydrogens (tertiary/aromatic N) is 2. The Morgan fingerprint density at radius 2 is 1.79 bits per heavy atom. The lowest BCUT2D eigenvalue weighted by Crippen LogP contribution is -2.12. The molecule has 1 aromatic heterocycles. The molecule has 5 heteroatoms. The predicted octanol–water partition coefficient (Wildman–Crippen LogP) is 3.96. The molecule has 0 aliphatic carbocycles. The van der Waals surface area contributed by atoms with Gasteiger partial charge in [0, 0.05) is 12.1 Å². The normalized spacial score (nSPS) is 10.8. The van der Waals surface area contributed by atoms with Crippen molar-refractivity contribution in [1.29, 1.82) is 0 Å². The zero-order valence-electron chi connectivity index (χ0n) is 13.6. The molecule has 0 fully saturated rings. The van der Waals surface area contributed by atoms with E-state index < -0.39 is 0 Å². The number of halogens is 1. The number of hydrogen-bond acceptors (Lipinski definition) is 3. The molecule has 3 aromatic rings. The van der Waals surface area contributed by atoms with Gasteiger partial charge in [-0.2, -0.15) is 0 Å². The van der Waals surface area contributed by atoms with Crippen LogP contribution in [0.2, 0.25) is 0 Å². The van der Waals surface area contributed by atoms with E-state index in [0.717, 1.165) is 28.0 Å². The van der Waals surface area contributed by atoms with E-state index in [0.29, 0.717) is 18.5 Å². The minimum Gasteiger partial charge on any atom is -0.326 e. The highest BCUT2D eigenvalue weighted by Crippen LogP contribution is 2.18. The van der Waals surface area contributed by atoms with Crippen LogP contribution in [0.1, 0.15) is 23.4 Å². The maximum Gasteiger partial charge on any atom is 0.224 e. The molecule has 0 aliphatic rings. The highest BCUT2D eigenvalue weighted by molar-refractivity contribution is 5.93. The summed E-state index contributed by atoms with van der Waals surface area (Å²) in [5.41, 5.74) is 4.81. The summed E-state index contributed by atoms with van der Waals surface area (Å²) in [6.45, 7) is 3.83. The average molecular weight is 323 g/mol. The van der Waals surface area contributed by atoms with Gasteiger partial charge in [0.1, 0.15) is 5.82 Å². The van der Waals surface area contributed by atoms with Crippen molar-refractivity contribution in [2.24, 2.45) is 0 Å². The second-order valence-corrected chi connectivity index (χ2v) is 5.78. The number of aromatic nitrogens is 2. The first-order chi connectivity index (χ1) is 11.5. The molecular weight excluding hydrogens is 305 g/mol. The van der Waals surface area contributed by atoms with Gasteiger partial charge in [-0.05, 0) is 56.2 Å². The number of benzene rings is 2. The third kappa shape index (κ3) is 3.74. The number of aryl methyl sites for hydroxylation is 3. The van der Waals surface area contributed by atoms with E-state index in [4.69, 9.17) is 0 Å². The summed E-state index contributed by atoms with van der Waals surface area (Å²) in [4.78, 5) is 21.0. The maximum absolute atomic E-state index is 13.1. The molecule has 1 N–H and O–H groups in total. The zero-order valence-corrected chi connectivity index (χ0v) is 13.6. The molecule has 3 rings (SSSR count). The van der Waals surface area contributed by atoms with Crippen LogP contribution in [0, 0.1) is 19.7 Å². The van der Waals surface area contributed by atoms with Gasteiger partial charge in [-0.25, -0.2) is 14.4 Å². The van der Waals surface area contributed by atoms with Gasteiger partial charge < -0.3 is 5.32 Å². The van der Waals surface area contributed by atoms with Crippen LogP contribution in [0.25, 0.3) is 11.0 Å². The van der Waals surface area contributed by atoms with Crippen molar-refractivity contribution >= 4 is 22.6 Å². The van der Waals surface area contributed by atoms with Crippen molar-refractivity contribution in [1.82, 2.24) is 9.97 Å². The van der Waals surface area contributed by atoms with Crippen molar-refractivity contribution in [3.05, 3.63) is 65.2 Å². The highest BCUT2D eigenvalue weighted by Gasteiger charge is 2.07. The third-order valence-electron chi connectivity index (χ3n) is 3.89. The average Bonchev–Trinajstić information content (AvgIpc) is 2.54. The molecule has 1 amide bonds. The summed E-state index contributed by atoms with van der Waals surface area (Å²) in [6, 6.07) is 11.8. The van der Waals surface area contributed by atoms with E-state index in [2.05, 4.69) is 15.3 Å². The molecular formula is C19H18FN3O. The molecule has 0 saturated carbocycles. The standard InChI is InChI=1S/C19H18FN3O/c1-12-13(2)22-18-11-16(7-8-17(18)21-12)23-19(24)9-6-14-4-3-5-15(20)10-14/h3-5,7-8,10-11H,6,9H2,1-2H3,(H,23,24). The Kier molecular flexibility index (Phi) is 4.51. The number of rotatable bonds is 4. The summed E-state index contributed by atoms with van der Waals surface area (Å²) in [5.74, 6) is -0.401. The van der Waals surface area contributed by atoms with E-state index >= 15 is 0 Å². The number of hydrogen-bond donors (Lipinski definition) is 1. The second kappa shape index (κ2) is 6.74. The molecule has 0 saturated heterocycles. The highest BCUT2D eigenvalue weighted by atomic mass is 19.1. The Balaban J connectivity index is 1.67. The Hall–Kier alpha value is -2.82. The summed E-state index contributed by atoms with van der Waals surface area (Å²) in [6.07, 6.45) is 0.787. The van der Waals surface area contributed by atoms with Gasteiger partial charge in [-0.15, -0.1) is 0 Å². The lowest BCUT2D eigenvalue weighted by atomic mass is 10.1. The van der Waals surface area contributed by atoms with Crippen molar-refractivity contribution in [2.75, 3.05) is 5.32 Å². The summed E-state index contributed by atoms with van der Waals surface area (Å²) >= 11 is 0. The molecule has 0 atom stereocenters. The SMILES string of the molecule is Cc1nc2ccc(NC(=O)CCc3cccc(F)c3)cc2nc1C. The molecule has 122 valence electrons. The van der Waals surface area contributed by atoms with Gasteiger partial charge in [0.2, 0.25) is 5.91 Å². The summed E-state index contributed by atoms with van der Waals surface area (Å²) in [7, 11) is 0. The number of carbonyl (C=O) groups is 1. The summed E-state index contributed by atoms with van der Waals surface area (Å²) in [5, 5.41) is 2.85. The smallest absolute Gasteiger partial charge is 0.224 e. The fourth-order valence-electron chi connectivity index (χ4n) is 2.48. The van der Waals surface area contributed by atoms with Crippen molar-refractivity contribution in [2.45, 2.75) is 26.7 Å². The Bertz CT molecular complexity index is 908. The largest absolute Gasteiger partial charge is 0.326 e. The van der Waals surface area contributed by atoms with E-state index in [-0.39, 0.29) is 11.7 Å². The number of fused-ring (bicyclic) bond motifs is 1. The molecule has 4 nitrogen and oxygen atoms in total. The number of carbonyl (C=O) groups excluding carboxylic acids is 1. The van der Waals surface area contributed by atoms with Crippen LogP contribution in [-0.2, 0) is 11.2 Å². The van der Waals surface area contributed by atoms with Gasteiger partial charge >= 0.3 is 0 Å². The molecule has 0 bridgehead atoms. The topological polar surface area (TPSA) is 54.9 Å². The van der Waals surface area contributed by atoms with Crippen LogP contribution in [0.15, 0.2) is 42.5 Å². The fraction of sp³-hybridized carbons (Fsp3) is 0.211. The maximum atomic E-state index is 13.1. The van der Waals surface area contributed by atoms with Crippen molar-refractivity contribution in [3.63, 3.8) is 0 Å². The molecule has 0 unspecified atom stereocenters. The Labute approximate surface area is 139 Å². The van der Waals surface area contributed by atoms with Gasteiger partial charge in [0.25, 0.3) is 0 Å². The van der Waals surface area contributed by atoms with Crippen LogP contribution in [0.3, 0.4) is 0 Å². The first kappa shape index (κ1) is 16.1. The van der Waals surface area contributed by atoms with E-state index in [1.165, 1.54) is 12.1 Å². The Morgan fingerprint density at radius 1 is 1.04 bits per heavy atom. The van der Waals surface area contributed by atoms with Gasteiger partial charge in [-0.3, -0.25) is 4.79 Å². The van der Waals surface area contributed by atoms with Gasteiger partial charge in [0.15, 0.2) is 0 Å². The molecule has 0 radical (unpaired) electrons. The monoisotopic (exact) mass is 323 g/mol. The number of amides is 1. The van der Waals surface area contributed by atoms with Crippen molar-refractivity contribution in [3.8, 4) is 0 Å². The zero-order chi connectivity index (χ0) is 17.1. The van der Waals surface area contributed by atoms with Crippen LogP contribution in [0.4, 0.5) is 10.1 Å². The number of anilines is 1. The van der Waals surface area contributed by atoms with E-state index in [9.17, 15) is 9.18 Å². The van der Waals surface area contributed by atoms with Gasteiger partial charge in [-0.1, -0.05) is 12.1 Å². The second-order valence-electron chi connectivity index (χ2n) is 5.78. The lowest BCUT2D eigenvalue weighted by molar-refractivity contribution is -0.116. The first-order valence-corrected chi connectivity index (χ1v) is 7.80. The van der Waals surface area contributed by atoms with E-state index in [1.54, 1.807) is 6.07 Å².